The molecule has 0 atom stereocenters. The zero-order chi connectivity index (χ0) is 15.5. The van der Waals surface area contributed by atoms with Crippen LogP contribution in [0.15, 0.2) is 29.6 Å². The van der Waals surface area contributed by atoms with Crippen LogP contribution in [0.25, 0.3) is 10.9 Å². The first-order chi connectivity index (χ1) is 10.7. The van der Waals surface area contributed by atoms with Crippen molar-refractivity contribution >= 4 is 22.2 Å². The van der Waals surface area contributed by atoms with Crippen molar-refractivity contribution in [1.29, 1.82) is 0 Å². The van der Waals surface area contributed by atoms with E-state index in [9.17, 15) is 0 Å². The number of thiazole rings is 1. The first-order valence-electron chi connectivity index (χ1n) is 7.21. The number of hydrogen-bond acceptors (Lipinski definition) is 5. The Balaban J connectivity index is 1.91. The molecular formula is C17H18N2O2S. The van der Waals surface area contributed by atoms with E-state index in [0.717, 1.165) is 45.2 Å². The maximum Gasteiger partial charge on any atom is 0.131 e. The lowest BCUT2D eigenvalue weighted by Crippen LogP contribution is -1.98. The SMILES string of the molecule is CCc1nc(COc2cc(C)nc3ccc(OC)cc23)cs1. The Labute approximate surface area is 133 Å². The molecule has 0 aliphatic rings. The third kappa shape index (κ3) is 3.04. The van der Waals surface area contributed by atoms with Crippen molar-refractivity contribution in [2.24, 2.45) is 0 Å². The van der Waals surface area contributed by atoms with Gasteiger partial charge in [0.1, 0.15) is 18.1 Å². The Kier molecular flexibility index (Phi) is 4.24. The second-order valence-electron chi connectivity index (χ2n) is 5.02. The molecule has 0 spiro atoms. The van der Waals surface area contributed by atoms with Crippen LogP contribution in [-0.4, -0.2) is 17.1 Å². The molecule has 22 heavy (non-hydrogen) atoms. The highest BCUT2D eigenvalue weighted by Gasteiger charge is 2.08. The monoisotopic (exact) mass is 314 g/mol. The fourth-order valence-electron chi connectivity index (χ4n) is 2.28. The first-order valence-corrected chi connectivity index (χ1v) is 8.09. The van der Waals surface area contributed by atoms with E-state index >= 15 is 0 Å². The van der Waals surface area contributed by atoms with Gasteiger partial charge in [0.25, 0.3) is 0 Å². The van der Waals surface area contributed by atoms with Gasteiger partial charge in [-0.05, 0) is 31.5 Å². The molecule has 1 aromatic carbocycles. The van der Waals surface area contributed by atoms with Gasteiger partial charge in [0.05, 0.1) is 23.3 Å². The summed E-state index contributed by atoms with van der Waals surface area (Å²) in [4.78, 5) is 9.07. The Morgan fingerprint density at radius 2 is 2.05 bits per heavy atom. The van der Waals surface area contributed by atoms with Crippen LogP contribution in [0.1, 0.15) is 23.3 Å². The summed E-state index contributed by atoms with van der Waals surface area (Å²) in [6, 6.07) is 7.77. The number of rotatable bonds is 5. The Morgan fingerprint density at radius 1 is 1.18 bits per heavy atom. The molecule has 3 aromatic rings. The Bertz CT molecular complexity index is 798. The largest absolute Gasteiger partial charge is 0.497 e. The third-order valence-electron chi connectivity index (χ3n) is 3.38. The van der Waals surface area contributed by atoms with Gasteiger partial charge in [0.15, 0.2) is 0 Å². The van der Waals surface area contributed by atoms with Crippen molar-refractivity contribution in [3.63, 3.8) is 0 Å². The third-order valence-corrected chi connectivity index (χ3v) is 4.43. The lowest BCUT2D eigenvalue weighted by atomic mass is 10.1. The summed E-state index contributed by atoms with van der Waals surface area (Å²) in [5.41, 5.74) is 2.80. The fraction of sp³-hybridized carbons (Fsp3) is 0.294. The summed E-state index contributed by atoms with van der Waals surface area (Å²) in [7, 11) is 1.66. The molecule has 0 fully saturated rings. The topological polar surface area (TPSA) is 44.2 Å². The van der Waals surface area contributed by atoms with Crippen molar-refractivity contribution in [2.45, 2.75) is 26.9 Å². The van der Waals surface area contributed by atoms with Crippen LogP contribution < -0.4 is 9.47 Å². The number of aryl methyl sites for hydroxylation is 2. The normalized spacial score (nSPS) is 10.9. The quantitative estimate of drug-likeness (QED) is 0.709. The van der Waals surface area contributed by atoms with E-state index in [4.69, 9.17) is 9.47 Å². The van der Waals surface area contributed by atoms with Gasteiger partial charge in [-0.1, -0.05) is 6.92 Å². The molecule has 5 heteroatoms. The number of ether oxygens (including phenoxy) is 2. The molecule has 2 aromatic heterocycles. The minimum atomic E-state index is 0.465. The van der Waals surface area contributed by atoms with Gasteiger partial charge in [0, 0.05) is 22.5 Å². The molecule has 0 aliphatic heterocycles. The minimum Gasteiger partial charge on any atom is -0.497 e. The van der Waals surface area contributed by atoms with Gasteiger partial charge < -0.3 is 9.47 Å². The van der Waals surface area contributed by atoms with E-state index in [0.29, 0.717) is 6.61 Å². The number of pyridine rings is 1. The van der Waals surface area contributed by atoms with Crippen LogP contribution >= 0.6 is 11.3 Å². The standard InChI is InChI=1S/C17H18N2O2S/c1-4-17-19-12(10-22-17)9-21-16-7-11(2)18-15-6-5-13(20-3)8-14(15)16/h5-8,10H,4,9H2,1-3H3. The van der Waals surface area contributed by atoms with Gasteiger partial charge in [-0.2, -0.15) is 0 Å². The van der Waals surface area contributed by atoms with Crippen molar-refractivity contribution in [2.75, 3.05) is 7.11 Å². The highest BCUT2D eigenvalue weighted by atomic mass is 32.1. The summed E-state index contributed by atoms with van der Waals surface area (Å²) in [6.45, 7) is 4.54. The van der Waals surface area contributed by atoms with Gasteiger partial charge in [0.2, 0.25) is 0 Å². The van der Waals surface area contributed by atoms with Crippen LogP contribution in [0.3, 0.4) is 0 Å². The summed E-state index contributed by atoms with van der Waals surface area (Å²) in [5, 5.41) is 4.14. The number of aromatic nitrogens is 2. The number of benzene rings is 1. The molecule has 0 aliphatic carbocycles. The Hall–Kier alpha value is -2.14. The summed E-state index contributed by atoms with van der Waals surface area (Å²) < 4.78 is 11.3. The predicted octanol–water partition coefficient (Wildman–Crippen LogP) is 4.15. The average Bonchev–Trinajstić information content (AvgIpc) is 3.00. The molecule has 4 nitrogen and oxygen atoms in total. The maximum atomic E-state index is 5.99. The van der Waals surface area contributed by atoms with Gasteiger partial charge in [-0.15, -0.1) is 11.3 Å². The maximum absolute atomic E-state index is 5.99. The number of methoxy groups -OCH3 is 1. The van der Waals surface area contributed by atoms with Crippen molar-refractivity contribution in [3.8, 4) is 11.5 Å². The van der Waals surface area contributed by atoms with E-state index in [1.54, 1.807) is 18.4 Å². The molecule has 0 saturated carbocycles. The zero-order valence-corrected chi connectivity index (χ0v) is 13.7. The lowest BCUT2D eigenvalue weighted by Gasteiger charge is -2.10. The molecule has 0 bridgehead atoms. The molecule has 0 unspecified atom stereocenters. The van der Waals surface area contributed by atoms with E-state index in [1.807, 2.05) is 31.2 Å². The molecule has 114 valence electrons. The molecule has 3 rings (SSSR count). The molecule has 0 radical (unpaired) electrons. The first kappa shape index (κ1) is 14.8. The van der Waals surface area contributed by atoms with E-state index in [2.05, 4.69) is 22.3 Å². The van der Waals surface area contributed by atoms with Crippen molar-refractivity contribution in [1.82, 2.24) is 9.97 Å². The van der Waals surface area contributed by atoms with Gasteiger partial charge in [-0.25, -0.2) is 4.98 Å². The second kappa shape index (κ2) is 6.32. The summed E-state index contributed by atoms with van der Waals surface area (Å²) >= 11 is 1.67. The smallest absolute Gasteiger partial charge is 0.131 e. The Morgan fingerprint density at radius 3 is 2.77 bits per heavy atom. The molecule has 0 N–H and O–H groups in total. The zero-order valence-electron chi connectivity index (χ0n) is 12.9. The van der Waals surface area contributed by atoms with Crippen LogP contribution in [0.4, 0.5) is 0 Å². The second-order valence-corrected chi connectivity index (χ2v) is 5.96. The van der Waals surface area contributed by atoms with E-state index < -0.39 is 0 Å². The highest BCUT2D eigenvalue weighted by Crippen LogP contribution is 2.29. The highest BCUT2D eigenvalue weighted by molar-refractivity contribution is 7.09. The summed E-state index contributed by atoms with van der Waals surface area (Å²) in [6.07, 6.45) is 0.958. The van der Waals surface area contributed by atoms with E-state index in [-0.39, 0.29) is 0 Å². The average molecular weight is 314 g/mol. The summed E-state index contributed by atoms with van der Waals surface area (Å²) in [5.74, 6) is 1.61. The predicted molar refractivity (Wildman–Crippen MR) is 88.9 cm³/mol. The lowest BCUT2D eigenvalue weighted by molar-refractivity contribution is 0.305. The number of hydrogen-bond donors (Lipinski definition) is 0. The van der Waals surface area contributed by atoms with Crippen LogP contribution in [0.5, 0.6) is 11.5 Å². The van der Waals surface area contributed by atoms with Crippen LogP contribution in [0, 0.1) is 6.92 Å². The fourth-order valence-corrected chi connectivity index (χ4v) is 3.00. The van der Waals surface area contributed by atoms with Crippen molar-refractivity contribution < 1.29 is 9.47 Å². The van der Waals surface area contributed by atoms with Crippen LogP contribution in [-0.2, 0) is 13.0 Å². The molecular weight excluding hydrogens is 296 g/mol. The number of nitrogens with zero attached hydrogens (tertiary/aromatic N) is 2. The van der Waals surface area contributed by atoms with Crippen molar-refractivity contribution in [3.05, 3.63) is 46.0 Å². The van der Waals surface area contributed by atoms with Gasteiger partial charge in [-0.3, -0.25) is 4.98 Å². The molecule has 0 amide bonds. The molecule has 0 saturated heterocycles. The molecule has 2 heterocycles. The number of fused-ring (bicyclic) bond motifs is 1. The van der Waals surface area contributed by atoms with Crippen LogP contribution in [0.2, 0.25) is 0 Å². The minimum absolute atomic E-state index is 0.465. The van der Waals surface area contributed by atoms with Gasteiger partial charge >= 0.3 is 0 Å². The van der Waals surface area contributed by atoms with E-state index in [1.165, 1.54) is 0 Å².